The molecule has 1 heterocycles. The van der Waals surface area contributed by atoms with Crippen LogP contribution in [0.15, 0.2) is 66.7 Å². The molecule has 0 spiro atoms. The monoisotopic (exact) mass is 569 g/mol. The maximum absolute atomic E-state index is 13.2. The van der Waals surface area contributed by atoms with Gasteiger partial charge in [-0.05, 0) is 48.4 Å². The second-order valence-electron chi connectivity index (χ2n) is 9.29. The van der Waals surface area contributed by atoms with Crippen LogP contribution in [0.25, 0.3) is 0 Å². The van der Waals surface area contributed by atoms with Crippen molar-refractivity contribution in [2.75, 3.05) is 62.0 Å². The maximum atomic E-state index is 13.2. The second kappa shape index (κ2) is 14.2. The summed E-state index contributed by atoms with van der Waals surface area (Å²) in [6, 6.07) is 20.2. The first kappa shape index (κ1) is 28.7. The Labute approximate surface area is 239 Å². The van der Waals surface area contributed by atoms with Gasteiger partial charge in [-0.2, -0.15) is 0 Å². The summed E-state index contributed by atoms with van der Waals surface area (Å²) in [5, 5.41) is 9.29. The summed E-state index contributed by atoms with van der Waals surface area (Å²) < 4.78 is 5.09. The zero-order chi connectivity index (χ0) is 27.6. The molecule has 1 aliphatic heterocycles. The van der Waals surface area contributed by atoms with Crippen LogP contribution < -0.4 is 20.9 Å². The van der Waals surface area contributed by atoms with Crippen molar-refractivity contribution in [2.24, 2.45) is 0 Å². The number of urea groups is 1. The molecule has 1 aliphatic rings. The van der Waals surface area contributed by atoms with Gasteiger partial charge in [0.15, 0.2) is 0 Å². The predicted molar refractivity (Wildman–Crippen MR) is 158 cm³/mol. The van der Waals surface area contributed by atoms with Gasteiger partial charge in [-0.15, -0.1) is 0 Å². The predicted octanol–water partition coefficient (Wildman–Crippen LogP) is 5.73. The molecule has 3 aromatic rings. The highest BCUT2D eigenvalue weighted by molar-refractivity contribution is 6.36. The molecule has 10 heteroatoms. The number of hydrogen-bond acceptors (Lipinski definition) is 5. The number of nitrogens with zero attached hydrogens (tertiary/aromatic N) is 2. The minimum Gasteiger partial charge on any atom is -0.385 e. The van der Waals surface area contributed by atoms with E-state index in [1.807, 2.05) is 12.1 Å². The second-order valence-corrected chi connectivity index (χ2v) is 10.1. The van der Waals surface area contributed by atoms with Gasteiger partial charge in [-0.1, -0.05) is 53.5 Å². The van der Waals surface area contributed by atoms with E-state index in [9.17, 15) is 9.59 Å². The van der Waals surface area contributed by atoms with Gasteiger partial charge in [-0.25, -0.2) is 4.79 Å². The van der Waals surface area contributed by atoms with Crippen molar-refractivity contribution in [2.45, 2.75) is 13.0 Å². The maximum Gasteiger partial charge on any atom is 0.323 e. The molecule has 3 amide bonds. The molecule has 4 rings (SSSR count). The lowest BCUT2D eigenvalue weighted by atomic mass is 10.1. The zero-order valence-corrected chi connectivity index (χ0v) is 23.4. The Bertz CT molecular complexity index is 1270. The van der Waals surface area contributed by atoms with E-state index in [0.29, 0.717) is 46.6 Å². The normalized spacial score (nSPS) is 13.7. The fourth-order valence-electron chi connectivity index (χ4n) is 4.45. The van der Waals surface area contributed by atoms with E-state index >= 15 is 0 Å². The molecular formula is C29H33Cl2N5O3. The van der Waals surface area contributed by atoms with Gasteiger partial charge >= 0.3 is 6.03 Å². The van der Waals surface area contributed by atoms with Crippen LogP contribution in [0.3, 0.4) is 0 Å². The number of rotatable bonds is 10. The Kier molecular flexibility index (Phi) is 10.4. The smallest absolute Gasteiger partial charge is 0.323 e. The van der Waals surface area contributed by atoms with Crippen molar-refractivity contribution >= 4 is 52.2 Å². The largest absolute Gasteiger partial charge is 0.385 e. The Morgan fingerprint density at radius 3 is 2.41 bits per heavy atom. The molecule has 39 heavy (non-hydrogen) atoms. The topological polar surface area (TPSA) is 85.9 Å². The van der Waals surface area contributed by atoms with E-state index in [-0.39, 0.29) is 5.91 Å². The van der Waals surface area contributed by atoms with E-state index in [2.05, 4.69) is 50.0 Å². The van der Waals surface area contributed by atoms with E-state index in [0.717, 1.165) is 38.4 Å². The van der Waals surface area contributed by atoms with Crippen LogP contribution in [-0.2, 0) is 11.3 Å². The number of methoxy groups -OCH3 is 1. The van der Waals surface area contributed by atoms with Crippen molar-refractivity contribution in [1.82, 2.24) is 10.2 Å². The molecule has 0 radical (unpaired) electrons. The van der Waals surface area contributed by atoms with Crippen molar-refractivity contribution in [3.05, 3.63) is 87.9 Å². The molecule has 0 aromatic heterocycles. The van der Waals surface area contributed by atoms with Gasteiger partial charge < -0.3 is 25.6 Å². The molecule has 206 valence electrons. The van der Waals surface area contributed by atoms with Crippen molar-refractivity contribution in [1.29, 1.82) is 0 Å². The van der Waals surface area contributed by atoms with Gasteiger partial charge in [0, 0.05) is 69.4 Å². The highest BCUT2D eigenvalue weighted by Crippen LogP contribution is 2.28. The van der Waals surface area contributed by atoms with Crippen LogP contribution in [0.5, 0.6) is 0 Å². The van der Waals surface area contributed by atoms with Gasteiger partial charge in [0.1, 0.15) is 0 Å². The van der Waals surface area contributed by atoms with Gasteiger partial charge in [0.05, 0.1) is 16.3 Å². The molecule has 0 unspecified atom stereocenters. The number of anilines is 3. The van der Waals surface area contributed by atoms with Crippen molar-refractivity contribution in [3.8, 4) is 0 Å². The first-order chi connectivity index (χ1) is 18.9. The third-order valence-corrected chi connectivity index (χ3v) is 7.00. The number of nitrogens with one attached hydrogen (secondary N) is 3. The minimum atomic E-state index is -0.479. The Hall–Kier alpha value is -3.30. The zero-order valence-electron chi connectivity index (χ0n) is 21.9. The van der Waals surface area contributed by atoms with Crippen molar-refractivity contribution < 1.29 is 14.3 Å². The summed E-state index contributed by atoms with van der Waals surface area (Å²) in [6.07, 6.45) is 0.706. The highest BCUT2D eigenvalue weighted by atomic mass is 35.5. The molecule has 3 aromatic carbocycles. The van der Waals surface area contributed by atoms with E-state index in [4.69, 9.17) is 27.9 Å². The quantitative estimate of drug-likeness (QED) is 0.272. The molecule has 3 N–H and O–H groups in total. The van der Waals surface area contributed by atoms with Crippen LogP contribution in [-0.4, -0.2) is 63.3 Å². The fraction of sp³-hybridized carbons (Fsp3) is 0.310. The lowest BCUT2D eigenvalue weighted by molar-refractivity contribution is 0.0949. The summed E-state index contributed by atoms with van der Waals surface area (Å²) in [5.41, 5.74) is 3.55. The van der Waals surface area contributed by atoms with Crippen LogP contribution in [0, 0.1) is 0 Å². The molecule has 8 nitrogen and oxygen atoms in total. The molecule has 1 saturated heterocycles. The summed E-state index contributed by atoms with van der Waals surface area (Å²) >= 11 is 12.1. The van der Waals surface area contributed by atoms with Gasteiger partial charge in [-0.3, -0.25) is 9.69 Å². The van der Waals surface area contributed by atoms with E-state index in [1.54, 1.807) is 37.4 Å². The van der Waals surface area contributed by atoms with Crippen LogP contribution in [0.4, 0.5) is 21.9 Å². The van der Waals surface area contributed by atoms with Crippen LogP contribution in [0.1, 0.15) is 22.3 Å². The summed E-state index contributed by atoms with van der Waals surface area (Å²) in [4.78, 5) is 30.5. The summed E-state index contributed by atoms with van der Waals surface area (Å²) in [6.45, 7) is 5.30. The lowest BCUT2D eigenvalue weighted by Crippen LogP contribution is -2.46. The minimum absolute atomic E-state index is 0.197. The van der Waals surface area contributed by atoms with E-state index in [1.165, 1.54) is 5.56 Å². The first-order valence-electron chi connectivity index (χ1n) is 12.9. The number of halogens is 2. The average Bonchev–Trinajstić information content (AvgIpc) is 2.93. The van der Waals surface area contributed by atoms with Gasteiger partial charge in [0.2, 0.25) is 0 Å². The Balaban J connectivity index is 1.45. The third kappa shape index (κ3) is 8.34. The highest BCUT2D eigenvalue weighted by Gasteiger charge is 2.22. The van der Waals surface area contributed by atoms with Gasteiger partial charge in [0.25, 0.3) is 5.91 Å². The fourth-order valence-corrected chi connectivity index (χ4v) is 4.90. The molecular weight excluding hydrogens is 537 g/mol. The third-order valence-electron chi connectivity index (χ3n) is 6.45. The standard InChI is InChI=1S/C29H33Cl2N5O3/c1-39-17-5-12-32-28(37)24-19-23(33-29(38)34-26-10-8-22(30)18-25(26)31)9-11-27(24)36-15-13-35(14-16-36)20-21-6-3-2-4-7-21/h2-4,6-11,18-19H,5,12-17,20H2,1H3,(H,32,37)(H2,33,34,38). The summed E-state index contributed by atoms with van der Waals surface area (Å²) in [5.74, 6) is -0.197. The molecule has 0 aliphatic carbocycles. The Morgan fingerprint density at radius 2 is 1.69 bits per heavy atom. The average molecular weight is 571 g/mol. The molecule has 0 saturated carbocycles. The molecule has 0 bridgehead atoms. The van der Waals surface area contributed by atoms with Crippen LogP contribution in [0.2, 0.25) is 10.0 Å². The number of carbonyl (C=O) groups excluding carboxylic acids is 2. The number of ether oxygens (including phenoxy) is 1. The van der Waals surface area contributed by atoms with Crippen LogP contribution >= 0.6 is 23.2 Å². The SMILES string of the molecule is COCCCNC(=O)c1cc(NC(=O)Nc2ccc(Cl)cc2Cl)ccc1N1CCN(Cc2ccccc2)CC1. The lowest BCUT2D eigenvalue weighted by Gasteiger charge is -2.37. The number of amides is 3. The Morgan fingerprint density at radius 1 is 0.923 bits per heavy atom. The molecule has 1 fully saturated rings. The van der Waals surface area contributed by atoms with Crippen molar-refractivity contribution in [3.63, 3.8) is 0 Å². The molecule has 0 atom stereocenters. The van der Waals surface area contributed by atoms with E-state index < -0.39 is 6.03 Å². The first-order valence-corrected chi connectivity index (χ1v) is 13.6. The number of piperazine rings is 1. The number of carbonyl (C=O) groups is 2. The number of hydrogen-bond donors (Lipinski definition) is 3. The number of benzene rings is 3. The summed E-state index contributed by atoms with van der Waals surface area (Å²) in [7, 11) is 1.63.